The van der Waals surface area contributed by atoms with E-state index in [2.05, 4.69) is 12.2 Å². The van der Waals surface area contributed by atoms with Gasteiger partial charge >= 0.3 is 0 Å². The molecular formula is C18H21NO2. The number of carbonyl (C=O) groups is 1. The molecule has 0 spiro atoms. The molecule has 1 amide bonds. The van der Waals surface area contributed by atoms with Gasteiger partial charge in [-0.1, -0.05) is 43.3 Å². The Morgan fingerprint density at radius 3 is 2.57 bits per heavy atom. The molecule has 0 saturated carbocycles. The second-order valence-electron chi connectivity index (χ2n) is 5.27. The van der Waals surface area contributed by atoms with Gasteiger partial charge in [0, 0.05) is 6.42 Å². The first-order valence-corrected chi connectivity index (χ1v) is 7.09. The van der Waals surface area contributed by atoms with E-state index in [-0.39, 0.29) is 11.8 Å². The summed E-state index contributed by atoms with van der Waals surface area (Å²) in [6, 6.07) is 15.8. The Balaban J connectivity index is 2.04. The molecule has 0 aliphatic carbocycles. The quantitative estimate of drug-likeness (QED) is 0.895. The second-order valence-corrected chi connectivity index (χ2v) is 5.27. The summed E-state index contributed by atoms with van der Waals surface area (Å²) in [6.07, 6.45) is 0.446. The van der Waals surface area contributed by atoms with E-state index in [1.165, 1.54) is 5.56 Å². The van der Waals surface area contributed by atoms with Crippen LogP contribution in [0.4, 0.5) is 5.69 Å². The van der Waals surface area contributed by atoms with Crippen LogP contribution in [0, 0.1) is 6.92 Å². The number of nitrogens with one attached hydrogen (secondary N) is 1. The van der Waals surface area contributed by atoms with Gasteiger partial charge in [-0.2, -0.15) is 0 Å². The number of benzene rings is 2. The molecule has 1 atom stereocenters. The van der Waals surface area contributed by atoms with E-state index in [0.717, 1.165) is 11.3 Å². The van der Waals surface area contributed by atoms with Crippen molar-refractivity contribution in [3.63, 3.8) is 0 Å². The van der Waals surface area contributed by atoms with Crippen molar-refractivity contribution in [1.29, 1.82) is 0 Å². The molecule has 0 aliphatic heterocycles. The van der Waals surface area contributed by atoms with Gasteiger partial charge in [0.25, 0.3) is 0 Å². The van der Waals surface area contributed by atoms with Crippen molar-refractivity contribution >= 4 is 11.6 Å². The third kappa shape index (κ3) is 4.09. The summed E-state index contributed by atoms with van der Waals surface area (Å²) in [7, 11) is 1.60. The fourth-order valence-corrected chi connectivity index (χ4v) is 2.30. The maximum atomic E-state index is 12.2. The van der Waals surface area contributed by atoms with Crippen molar-refractivity contribution < 1.29 is 9.53 Å². The van der Waals surface area contributed by atoms with Gasteiger partial charge in [0.1, 0.15) is 5.75 Å². The molecule has 0 aromatic heterocycles. The number of hydrogen-bond donors (Lipinski definition) is 1. The lowest BCUT2D eigenvalue weighted by molar-refractivity contribution is -0.116. The van der Waals surface area contributed by atoms with Crippen LogP contribution in [-0.2, 0) is 4.79 Å². The van der Waals surface area contributed by atoms with Gasteiger partial charge in [-0.25, -0.2) is 0 Å². The summed E-state index contributed by atoms with van der Waals surface area (Å²) in [6.45, 7) is 4.05. The Morgan fingerprint density at radius 2 is 1.90 bits per heavy atom. The average Bonchev–Trinajstić information content (AvgIpc) is 2.48. The predicted octanol–water partition coefficient (Wildman–Crippen LogP) is 4.14. The molecule has 0 bridgehead atoms. The van der Waals surface area contributed by atoms with Crippen molar-refractivity contribution in [2.75, 3.05) is 12.4 Å². The summed E-state index contributed by atoms with van der Waals surface area (Å²) < 4.78 is 5.28. The summed E-state index contributed by atoms with van der Waals surface area (Å²) in [5.41, 5.74) is 2.98. The molecule has 2 aromatic rings. The van der Waals surface area contributed by atoms with Crippen molar-refractivity contribution in [3.8, 4) is 5.75 Å². The molecule has 1 N–H and O–H groups in total. The highest BCUT2D eigenvalue weighted by Gasteiger charge is 2.13. The Bertz CT molecular complexity index is 608. The van der Waals surface area contributed by atoms with Crippen LogP contribution in [0.2, 0.25) is 0 Å². The van der Waals surface area contributed by atoms with Crippen LogP contribution in [0.5, 0.6) is 5.75 Å². The highest BCUT2D eigenvalue weighted by molar-refractivity contribution is 5.92. The summed E-state index contributed by atoms with van der Waals surface area (Å²) in [5, 5.41) is 2.94. The fraction of sp³-hybridized carbons (Fsp3) is 0.278. The van der Waals surface area contributed by atoms with E-state index < -0.39 is 0 Å². The lowest BCUT2D eigenvalue weighted by Crippen LogP contribution is -2.15. The first kappa shape index (κ1) is 15.1. The number of methoxy groups -OCH3 is 1. The number of anilines is 1. The molecule has 0 aliphatic rings. The minimum Gasteiger partial charge on any atom is -0.495 e. The molecule has 0 radical (unpaired) electrons. The zero-order valence-corrected chi connectivity index (χ0v) is 12.7. The van der Waals surface area contributed by atoms with Crippen LogP contribution in [0.3, 0.4) is 0 Å². The molecular weight excluding hydrogens is 262 g/mol. The number of ether oxygens (including phenoxy) is 1. The van der Waals surface area contributed by atoms with Crippen molar-refractivity contribution in [2.24, 2.45) is 0 Å². The largest absolute Gasteiger partial charge is 0.495 e. The maximum Gasteiger partial charge on any atom is 0.225 e. The van der Waals surface area contributed by atoms with Gasteiger partial charge in [-0.15, -0.1) is 0 Å². The van der Waals surface area contributed by atoms with Gasteiger partial charge < -0.3 is 10.1 Å². The van der Waals surface area contributed by atoms with E-state index in [1.54, 1.807) is 7.11 Å². The molecule has 2 rings (SSSR count). The molecule has 2 aromatic carbocycles. The summed E-state index contributed by atoms with van der Waals surface area (Å²) in [4.78, 5) is 12.2. The molecule has 3 nitrogen and oxygen atoms in total. The highest BCUT2D eigenvalue weighted by Crippen LogP contribution is 2.26. The maximum absolute atomic E-state index is 12.2. The number of carbonyl (C=O) groups excluding carboxylic acids is 1. The van der Waals surface area contributed by atoms with Gasteiger partial charge in [-0.05, 0) is 36.1 Å². The number of amides is 1. The van der Waals surface area contributed by atoms with E-state index in [9.17, 15) is 4.79 Å². The predicted molar refractivity (Wildman–Crippen MR) is 85.8 cm³/mol. The molecule has 0 fully saturated rings. The van der Waals surface area contributed by atoms with Crippen molar-refractivity contribution in [1.82, 2.24) is 0 Å². The topological polar surface area (TPSA) is 38.3 Å². The Morgan fingerprint density at radius 1 is 1.19 bits per heavy atom. The first-order valence-electron chi connectivity index (χ1n) is 7.09. The zero-order chi connectivity index (χ0) is 15.2. The van der Waals surface area contributed by atoms with Crippen LogP contribution in [-0.4, -0.2) is 13.0 Å². The third-order valence-corrected chi connectivity index (χ3v) is 3.49. The summed E-state index contributed by atoms with van der Waals surface area (Å²) in [5.74, 6) is 0.860. The second kappa shape index (κ2) is 6.93. The molecule has 3 heteroatoms. The SMILES string of the molecule is COc1ccc(C)cc1NC(=O)C[C@@H](C)c1ccccc1. The van der Waals surface area contributed by atoms with Gasteiger partial charge in [0.15, 0.2) is 0 Å². The van der Waals surface area contributed by atoms with E-state index >= 15 is 0 Å². The van der Waals surface area contributed by atoms with E-state index in [0.29, 0.717) is 12.2 Å². The molecule has 0 unspecified atom stereocenters. The van der Waals surface area contributed by atoms with Crippen molar-refractivity contribution in [2.45, 2.75) is 26.2 Å². The fourth-order valence-electron chi connectivity index (χ4n) is 2.30. The third-order valence-electron chi connectivity index (χ3n) is 3.49. The first-order chi connectivity index (χ1) is 10.1. The Kier molecular flexibility index (Phi) is 4.99. The lowest BCUT2D eigenvalue weighted by atomic mass is 9.97. The standard InChI is InChI=1S/C18H21NO2/c1-13-9-10-17(21-3)16(11-13)19-18(20)12-14(2)15-7-5-4-6-8-15/h4-11,14H,12H2,1-3H3,(H,19,20)/t14-/m1/s1. The highest BCUT2D eigenvalue weighted by atomic mass is 16.5. The van der Waals surface area contributed by atoms with Crippen LogP contribution >= 0.6 is 0 Å². The normalized spacial score (nSPS) is 11.8. The monoisotopic (exact) mass is 283 g/mol. The zero-order valence-electron chi connectivity index (χ0n) is 12.7. The van der Waals surface area contributed by atoms with Gasteiger partial charge in [-0.3, -0.25) is 4.79 Å². The van der Waals surface area contributed by atoms with Crippen LogP contribution < -0.4 is 10.1 Å². The van der Waals surface area contributed by atoms with E-state index in [1.807, 2.05) is 55.5 Å². The Labute approximate surface area is 126 Å². The number of rotatable bonds is 5. The number of hydrogen-bond acceptors (Lipinski definition) is 2. The average molecular weight is 283 g/mol. The smallest absolute Gasteiger partial charge is 0.225 e. The van der Waals surface area contributed by atoms with Crippen molar-refractivity contribution in [3.05, 3.63) is 59.7 Å². The molecule has 0 saturated heterocycles. The lowest BCUT2D eigenvalue weighted by Gasteiger charge is -2.14. The molecule has 110 valence electrons. The molecule has 21 heavy (non-hydrogen) atoms. The van der Waals surface area contributed by atoms with Crippen LogP contribution in [0.25, 0.3) is 0 Å². The Hall–Kier alpha value is -2.29. The van der Waals surface area contributed by atoms with Gasteiger partial charge in [0.2, 0.25) is 5.91 Å². The molecule has 0 heterocycles. The van der Waals surface area contributed by atoms with Crippen LogP contribution in [0.15, 0.2) is 48.5 Å². The minimum atomic E-state index is -0.00440. The van der Waals surface area contributed by atoms with E-state index in [4.69, 9.17) is 4.74 Å². The van der Waals surface area contributed by atoms with Crippen LogP contribution in [0.1, 0.15) is 30.4 Å². The number of aryl methyl sites for hydroxylation is 1. The van der Waals surface area contributed by atoms with Gasteiger partial charge in [0.05, 0.1) is 12.8 Å². The summed E-state index contributed by atoms with van der Waals surface area (Å²) >= 11 is 0. The minimum absolute atomic E-state index is 0.00440.